The van der Waals surface area contributed by atoms with Gasteiger partial charge in [-0.1, -0.05) is 23.7 Å². The Labute approximate surface area is 191 Å². The van der Waals surface area contributed by atoms with Gasteiger partial charge in [-0.2, -0.15) is 5.10 Å². The van der Waals surface area contributed by atoms with E-state index in [4.69, 9.17) is 16.3 Å². The van der Waals surface area contributed by atoms with Crippen LogP contribution in [0.25, 0.3) is 11.0 Å². The Balaban J connectivity index is 1.24. The SMILES string of the molecule is Cc1ccc(Cl)c(OCC(O)CNCCc2nc3ccc(C4=NNC(=O)CC4)cc3[nH]2)c1. The van der Waals surface area contributed by atoms with E-state index in [2.05, 4.69) is 25.8 Å². The van der Waals surface area contributed by atoms with Crippen LogP contribution >= 0.6 is 11.6 Å². The minimum absolute atomic E-state index is 0.0539. The number of hydrogen-bond acceptors (Lipinski definition) is 6. The van der Waals surface area contributed by atoms with Crippen molar-refractivity contribution in [1.82, 2.24) is 20.7 Å². The topological polar surface area (TPSA) is 112 Å². The smallest absolute Gasteiger partial charge is 0.240 e. The molecule has 32 heavy (non-hydrogen) atoms. The normalized spacial score (nSPS) is 14.8. The molecular weight excluding hydrogens is 430 g/mol. The summed E-state index contributed by atoms with van der Waals surface area (Å²) in [4.78, 5) is 19.2. The number of aryl methyl sites for hydroxylation is 1. The van der Waals surface area contributed by atoms with Gasteiger partial charge in [0.15, 0.2) is 0 Å². The number of rotatable bonds is 9. The number of benzene rings is 2. The number of H-pyrrole nitrogens is 1. The molecule has 4 N–H and O–H groups in total. The Hall–Kier alpha value is -2.94. The highest BCUT2D eigenvalue weighted by Gasteiger charge is 2.14. The highest BCUT2D eigenvalue weighted by Crippen LogP contribution is 2.25. The standard InChI is InChI=1S/C23H26ClN5O3/c1-14-2-4-17(24)21(10-14)32-13-16(30)12-25-9-8-22-26-19-5-3-15(11-20(19)27-22)18-6-7-23(31)29-28-18/h2-5,10-11,16,25,30H,6-9,12-13H2,1H3,(H,26,27)(H,29,31). The van der Waals surface area contributed by atoms with Gasteiger partial charge in [-0.05, 0) is 42.3 Å². The van der Waals surface area contributed by atoms with Gasteiger partial charge in [0.05, 0.1) is 21.8 Å². The molecule has 168 valence electrons. The quantitative estimate of drug-likeness (QED) is 0.371. The number of nitrogens with one attached hydrogen (secondary N) is 3. The van der Waals surface area contributed by atoms with Crippen molar-refractivity contribution >= 4 is 34.3 Å². The minimum atomic E-state index is -0.651. The van der Waals surface area contributed by atoms with Gasteiger partial charge < -0.3 is 20.1 Å². The maximum atomic E-state index is 11.3. The summed E-state index contributed by atoms with van der Waals surface area (Å²) in [5.74, 6) is 1.39. The molecule has 2 heterocycles. The van der Waals surface area contributed by atoms with E-state index in [1.54, 1.807) is 6.07 Å². The van der Waals surface area contributed by atoms with Crippen molar-refractivity contribution in [3.63, 3.8) is 0 Å². The Morgan fingerprint density at radius 1 is 1.25 bits per heavy atom. The third-order valence-corrected chi connectivity index (χ3v) is 5.52. The van der Waals surface area contributed by atoms with Crippen molar-refractivity contribution in [3.05, 3.63) is 58.4 Å². The number of halogens is 1. The fourth-order valence-corrected chi connectivity index (χ4v) is 3.66. The predicted molar refractivity (Wildman–Crippen MR) is 124 cm³/mol. The van der Waals surface area contributed by atoms with Gasteiger partial charge in [-0.25, -0.2) is 10.4 Å². The predicted octanol–water partition coefficient (Wildman–Crippen LogP) is 2.71. The molecule has 1 aliphatic rings. The van der Waals surface area contributed by atoms with E-state index >= 15 is 0 Å². The second kappa shape index (κ2) is 10.1. The number of fused-ring (bicyclic) bond motifs is 1. The van der Waals surface area contributed by atoms with Crippen LogP contribution in [-0.2, 0) is 11.2 Å². The zero-order valence-electron chi connectivity index (χ0n) is 17.8. The van der Waals surface area contributed by atoms with Gasteiger partial charge in [0.25, 0.3) is 0 Å². The number of ether oxygens (including phenoxy) is 1. The molecule has 0 fully saturated rings. The van der Waals surface area contributed by atoms with Crippen LogP contribution in [0.4, 0.5) is 0 Å². The lowest BCUT2D eigenvalue weighted by Gasteiger charge is -2.14. The van der Waals surface area contributed by atoms with Gasteiger partial charge in [-0.3, -0.25) is 4.79 Å². The zero-order valence-corrected chi connectivity index (χ0v) is 18.6. The van der Waals surface area contributed by atoms with Crippen molar-refractivity contribution in [2.45, 2.75) is 32.3 Å². The number of nitrogens with zero attached hydrogens (tertiary/aromatic N) is 2. The second-order valence-corrected chi connectivity index (χ2v) is 8.27. The average Bonchev–Trinajstić information content (AvgIpc) is 3.20. The first-order valence-electron chi connectivity index (χ1n) is 10.6. The summed E-state index contributed by atoms with van der Waals surface area (Å²) in [6.45, 7) is 3.19. The summed E-state index contributed by atoms with van der Waals surface area (Å²) in [6, 6.07) is 11.5. The van der Waals surface area contributed by atoms with Crippen LogP contribution in [0.2, 0.25) is 5.02 Å². The van der Waals surface area contributed by atoms with Crippen LogP contribution < -0.4 is 15.5 Å². The van der Waals surface area contributed by atoms with Gasteiger partial charge in [0.1, 0.15) is 24.3 Å². The maximum absolute atomic E-state index is 11.3. The number of hydrogen-bond donors (Lipinski definition) is 4. The molecule has 1 aromatic heterocycles. The number of aliphatic hydroxyl groups is 1. The van der Waals surface area contributed by atoms with E-state index in [1.807, 2.05) is 37.3 Å². The van der Waals surface area contributed by atoms with E-state index in [-0.39, 0.29) is 12.5 Å². The first-order valence-corrected chi connectivity index (χ1v) is 11.0. The van der Waals surface area contributed by atoms with Crippen LogP contribution in [-0.4, -0.2) is 52.5 Å². The third kappa shape index (κ3) is 5.64. The number of carbonyl (C=O) groups excluding carboxylic acids is 1. The summed E-state index contributed by atoms with van der Waals surface area (Å²) in [5.41, 5.74) is 7.24. The summed E-state index contributed by atoms with van der Waals surface area (Å²) in [5, 5.41) is 18.1. The molecule has 1 unspecified atom stereocenters. The van der Waals surface area contributed by atoms with Crippen LogP contribution in [0.3, 0.4) is 0 Å². The summed E-state index contributed by atoms with van der Waals surface area (Å²) >= 11 is 6.11. The molecule has 9 heteroatoms. The van der Waals surface area contributed by atoms with E-state index in [1.165, 1.54) is 0 Å². The van der Waals surface area contributed by atoms with Crippen molar-refractivity contribution in [3.8, 4) is 5.75 Å². The van der Waals surface area contributed by atoms with E-state index in [9.17, 15) is 9.90 Å². The Bertz CT molecular complexity index is 1140. The molecule has 0 bridgehead atoms. The molecule has 4 rings (SSSR count). The van der Waals surface area contributed by atoms with Crippen LogP contribution in [0.5, 0.6) is 5.75 Å². The number of aromatic nitrogens is 2. The molecule has 1 amide bonds. The largest absolute Gasteiger partial charge is 0.489 e. The Morgan fingerprint density at radius 2 is 2.12 bits per heavy atom. The molecule has 0 saturated carbocycles. The number of imidazole rings is 1. The Morgan fingerprint density at radius 3 is 2.94 bits per heavy atom. The first kappa shape index (κ1) is 22.3. The lowest BCUT2D eigenvalue weighted by Crippen LogP contribution is -2.32. The highest BCUT2D eigenvalue weighted by molar-refractivity contribution is 6.32. The number of carbonyl (C=O) groups is 1. The molecule has 8 nitrogen and oxygen atoms in total. The van der Waals surface area contributed by atoms with Gasteiger partial charge >= 0.3 is 0 Å². The summed E-state index contributed by atoms with van der Waals surface area (Å²) < 4.78 is 5.63. The summed E-state index contributed by atoms with van der Waals surface area (Å²) in [7, 11) is 0. The van der Waals surface area contributed by atoms with E-state index in [0.29, 0.717) is 43.1 Å². The molecule has 0 aliphatic carbocycles. The summed E-state index contributed by atoms with van der Waals surface area (Å²) in [6.07, 6.45) is 1.12. The first-order chi connectivity index (χ1) is 15.5. The van der Waals surface area contributed by atoms with Crippen molar-refractivity contribution in [2.75, 3.05) is 19.7 Å². The monoisotopic (exact) mass is 455 g/mol. The highest BCUT2D eigenvalue weighted by atomic mass is 35.5. The maximum Gasteiger partial charge on any atom is 0.240 e. The molecule has 0 saturated heterocycles. The van der Waals surface area contributed by atoms with Crippen LogP contribution in [0.15, 0.2) is 41.5 Å². The number of aliphatic hydroxyl groups excluding tert-OH is 1. The molecule has 0 spiro atoms. The third-order valence-electron chi connectivity index (χ3n) is 5.21. The fraction of sp³-hybridized carbons (Fsp3) is 0.348. The van der Waals surface area contributed by atoms with E-state index in [0.717, 1.165) is 33.7 Å². The fourth-order valence-electron chi connectivity index (χ4n) is 3.48. The lowest BCUT2D eigenvalue weighted by molar-refractivity contribution is -0.121. The molecule has 3 aromatic rings. The zero-order chi connectivity index (χ0) is 22.5. The average molecular weight is 456 g/mol. The van der Waals surface area contributed by atoms with Crippen LogP contribution in [0, 0.1) is 6.92 Å². The van der Waals surface area contributed by atoms with E-state index < -0.39 is 6.10 Å². The number of amides is 1. The van der Waals surface area contributed by atoms with Crippen LogP contribution in [0.1, 0.15) is 29.8 Å². The molecule has 2 aromatic carbocycles. The second-order valence-electron chi connectivity index (χ2n) is 7.86. The molecular formula is C23H26ClN5O3. The Kier molecular flexibility index (Phi) is 7.04. The van der Waals surface area contributed by atoms with Gasteiger partial charge in [-0.15, -0.1) is 0 Å². The number of hydrazone groups is 1. The molecule has 1 aliphatic heterocycles. The van der Waals surface area contributed by atoms with Gasteiger partial charge in [0.2, 0.25) is 5.91 Å². The van der Waals surface area contributed by atoms with Crippen molar-refractivity contribution < 1.29 is 14.6 Å². The van der Waals surface area contributed by atoms with Gasteiger partial charge in [0, 0.05) is 32.4 Å². The molecule has 0 radical (unpaired) electrons. The van der Waals surface area contributed by atoms with Crippen molar-refractivity contribution in [2.24, 2.45) is 5.10 Å². The number of aromatic amines is 1. The lowest BCUT2D eigenvalue weighted by atomic mass is 10.0. The van der Waals surface area contributed by atoms with Crippen molar-refractivity contribution in [1.29, 1.82) is 0 Å². The minimum Gasteiger partial charge on any atom is -0.489 e. The molecule has 1 atom stereocenters.